The van der Waals surface area contributed by atoms with Gasteiger partial charge in [-0.3, -0.25) is 4.79 Å². The van der Waals surface area contributed by atoms with Gasteiger partial charge in [0, 0.05) is 12.5 Å². The Morgan fingerprint density at radius 1 is 0.977 bits per heavy atom. The summed E-state index contributed by atoms with van der Waals surface area (Å²) in [5, 5.41) is 9.65. The minimum absolute atomic E-state index is 0.0115. The molecular weight excluding hydrogens is 607 g/mol. The van der Waals surface area contributed by atoms with Crippen molar-refractivity contribution in [2.24, 2.45) is 5.92 Å². The molecule has 2 aromatic rings. The zero-order chi connectivity index (χ0) is 31.2. The quantitative estimate of drug-likeness (QED) is 0.229. The molecule has 44 heavy (non-hydrogen) atoms. The molecule has 0 spiro atoms. The van der Waals surface area contributed by atoms with Crippen LogP contribution in [0.3, 0.4) is 0 Å². The number of allylic oxidation sites excluding steroid dienone is 3. The van der Waals surface area contributed by atoms with E-state index in [0.717, 1.165) is 44.1 Å². The maximum Gasteiger partial charge on any atom is 0.336 e. The molecule has 1 fully saturated rings. The summed E-state index contributed by atoms with van der Waals surface area (Å²) < 4.78 is 36.8. The third kappa shape index (κ3) is 7.37. The normalized spacial score (nSPS) is 21.7. The summed E-state index contributed by atoms with van der Waals surface area (Å²) in [7, 11) is 0. The van der Waals surface area contributed by atoms with Crippen LogP contribution in [0, 0.1) is 11.7 Å². The van der Waals surface area contributed by atoms with Gasteiger partial charge in [-0.1, -0.05) is 91.4 Å². The van der Waals surface area contributed by atoms with Gasteiger partial charge in [0.25, 0.3) is 0 Å². The highest BCUT2D eigenvalue weighted by Gasteiger charge is 2.39. The molecule has 9 heteroatoms. The second-order valence-corrected chi connectivity index (χ2v) is 12.6. The number of carbonyl (C=O) groups excluding carboxylic acids is 1. The fraction of sp³-hybridized carbons (Fsp3) is 0.429. The van der Waals surface area contributed by atoms with Crippen molar-refractivity contribution in [1.29, 1.82) is 0 Å². The number of nitrogens with zero attached hydrogens (tertiary/aromatic N) is 1. The zero-order valence-corrected chi connectivity index (χ0v) is 26.1. The summed E-state index contributed by atoms with van der Waals surface area (Å²) in [6.45, 7) is 0.0422. The van der Waals surface area contributed by atoms with E-state index in [2.05, 4.69) is 0 Å². The Hall–Kier alpha value is -3.16. The Labute approximate surface area is 267 Å². The molecule has 1 heterocycles. The van der Waals surface area contributed by atoms with Crippen LogP contribution in [0.25, 0.3) is 0 Å². The highest BCUT2D eigenvalue weighted by molar-refractivity contribution is 6.31. The molecule has 2 aliphatic carbocycles. The number of rotatable bonds is 8. The van der Waals surface area contributed by atoms with Crippen LogP contribution in [0.5, 0.6) is 0 Å². The van der Waals surface area contributed by atoms with Gasteiger partial charge in [-0.05, 0) is 66.9 Å². The van der Waals surface area contributed by atoms with E-state index in [1.54, 1.807) is 6.08 Å². The molecule has 0 bridgehead atoms. The first-order chi connectivity index (χ1) is 21.2. The molecule has 2 aromatic carbocycles. The third-order valence-corrected chi connectivity index (χ3v) is 9.47. The summed E-state index contributed by atoms with van der Waals surface area (Å²) in [5.41, 5.74) is 2.28. The van der Waals surface area contributed by atoms with Crippen LogP contribution in [-0.2, 0) is 27.4 Å². The van der Waals surface area contributed by atoms with Crippen molar-refractivity contribution in [3.05, 3.63) is 98.5 Å². The number of aliphatic carboxylic acids is 1. The van der Waals surface area contributed by atoms with Gasteiger partial charge in [-0.2, -0.15) is 0 Å². The smallest absolute Gasteiger partial charge is 0.336 e. The lowest BCUT2D eigenvalue weighted by Crippen LogP contribution is -2.42. The minimum atomic E-state index is -1.39. The van der Waals surface area contributed by atoms with Gasteiger partial charge in [0.05, 0.1) is 33.4 Å². The van der Waals surface area contributed by atoms with Crippen LogP contribution >= 0.6 is 23.2 Å². The predicted molar refractivity (Wildman–Crippen MR) is 169 cm³/mol. The highest BCUT2D eigenvalue weighted by Crippen LogP contribution is 2.45. The Kier molecular flexibility index (Phi) is 10.8. The van der Waals surface area contributed by atoms with Crippen molar-refractivity contribution in [3.63, 3.8) is 0 Å². The van der Waals surface area contributed by atoms with Crippen LogP contribution in [0.1, 0.15) is 75.3 Å². The molecule has 1 saturated carbocycles. The van der Waals surface area contributed by atoms with Gasteiger partial charge in [0.15, 0.2) is 5.82 Å². The molecule has 5 rings (SSSR count). The number of carboxylic acid groups (broad SMARTS) is 1. The van der Waals surface area contributed by atoms with Crippen molar-refractivity contribution in [2.75, 3.05) is 4.90 Å². The third-order valence-electron chi connectivity index (χ3n) is 8.83. The number of ether oxygens (including phenoxy) is 1. The molecule has 2 unspecified atom stereocenters. The molecule has 0 saturated heterocycles. The molecule has 234 valence electrons. The molecule has 1 aliphatic heterocycles. The van der Waals surface area contributed by atoms with Gasteiger partial charge in [0.2, 0.25) is 0 Å². The van der Waals surface area contributed by atoms with Gasteiger partial charge in [-0.25, -0.2) is 13.6 Å². The minimum Gasteiger partial charge on any atom is -0.481 e. The number of anilines is 1. The highest BCUT2D eigenvalue weighted by atomic mass is 35.5. The van der Waals surface area contributed by atoms with E-state index in [1.165, 1.54) is 18.2 Å². The van der Waals surface area contributed by atoms with Crippen LogP contribution in [0.15, 0.2) is 76.5 Å². The maximum absolute atomic E-state index is 16.4. The fourth-order valence-electron chi connectivity index (χ4n) is 6.74. The molecule has 1 N–H and O–H groups in total. The molecule has 0 radical (unpaired) electrons. The first kappa shape index (κ1) is 32.2. The lowest BCUT2D eigenvalue weighted by molar-refractivity contribution is -0.140. The first-order valence-corrected chi connectivity index (χ1v) is 16.1. The number of alkyl halides is 1. The van der Waals surface area contributed by atoms with E-state index < -0.39 is 30.3 Å². The van der Waals surface area contributed by atoms with Crippen molar-refractivity contribution in [2.45, 2.75) is 89.4 Å². The van der Waals surface area contributed by atoms with Crippen LogP contribution in [0.2, 0.25) is 5.02 Å². The van der Waals surface area contributed by atoms with Gasteiger partial charge >= 0.3 is 11.9 Å². The topological polar surface area (TPSA) is 66.8 Å². The van der Waals surface area contributed by atoms with Crippen molar-refractivity contribution >= 4 is 40.8 Å². The largest absolute Gasteiger partial charge is 0.481 e. The van der Waals surface area contributed by atoms with E-state index in [-0.39, 0.29) is 46.3 Å². The monoisotopic (exact) mass is 643 g/mol. The Morgan fingerprint density at radius 2 is 1.70 bits per heavy atom. The van der Waals surface area contributed by atoms with Crippen molar-refractivity contribution < 1.29 is 28.2 Å². The number of benzene rings is 2. The van der Waals surface area contributed by atoms with Gasteiger partial charge in [-0.15, -0.1) is 0 Å². The van der Waals surface area contributed by atoms with E-state index in [0.29, 0.717) is 36.1 Å². The summed E-state index contributed by atoms with van der Waals surface area (Å²) in [5.74, 6) is -2.29. The molecule has 0 aromatic heterocycles. The summed E-state index contributed by atoms with van der Waals surface area (Å²) in [6.07, 6.45) is 9.05. The summed E-state index contributed by atoms with van der Waals surface area (Å²) in [6, 6.07) is 11.9. The van der Waals surface area contributed by atoms with E-state index in [1.807, 2.05) is 35.2 Å². The second-order valence-electron chi connectivity index (χ2n) is 11.8. The second kappa shape index (κ2) is 14.7. The van der Waals surface area contributed by atoms with Crippen LogP contribution in [-0.4, -0.2) is 29.3 Å². The first-order valence-electron chi connectivity index (χ1n) is 15.4. The van der Waals surface area contributed by atoms with E-state index >= 15 is 4.39 Å². The number of esters is 1. The standard InChI is InChI=1S/C35H37Cl2F2NO4/c36-27-17-15-25(20-31(41)42)34(32(27)39)40-30(23-11-6-1-2-7-12-23)14-8-13-26(33(40)24-16-18-29(38)28(37)19-24)35(43)44-21-22-9-4-3-5-10-22/h3-5,9-10,15-17,19,23,29-30H,1-2,6-8,11-14,18,20-21H2,(H,41,42). The van der Waals surface area contributed by atoms with E-state index in [4.69, 9.17) is 27.9 Å². The number of carbonyl (C=O) groups is 2. The molecule has 3 aliphatic rings. The average Bonchev–Trinajstić information content (AvgIpc) is 3.39. The maximum atomic E-state index is 16.4. The Balaban J connectivity index is 1.73. The summed E-state index contributed by atoms with van der Waals surface area (Å²) >= 11 is 12.7. The molecule has 2 atom stereocenters. The molecule has 5 nitrogen and oxygen atoms in total. The van der Waals surface area contributed by atoms with Crippen molar-refractivity contribution in [3.8, 4) is 0 Å². The molecule has 0 amide bonds. The van der Waals surface area contributed by atoms with Crippen LogP contribution in [0.4, 0.5) is 14.5 Å². The lowest BCUT2D eigenvalue weighted by Gasteiger charge is -2.41. The van der Waals surface area contributed by atoms with Crippen molar-refractivity contribution in [1.82, 2.24) is 0 Å². The average molecular weight is 645 g/mol. The zero-order valence-electron chi connectivity index (χ0n) is 24.5. The van der Waals surface area contributed by atoms with Crippen LogP contribution < -0.4 is 4.90 Å². The predicted octanol–water partition coefficient (Wildman–Crippen LogP) is 9.22. The van der Waals surface area contributed by atoms with Gasteiger partial charge < -0.3 is 14.7 Å². The Bertz CT molecular complexity index is 1460. The number of hydrogen-bond acceptors (Lipinski definition) is 4. The molecular formula is C35H37Cl2F2NO4. The SMILES string of the molecule is O=C(O)Cc1ccc(Cl)c(F)c1N1C(C2=CCC(F)C(Cl)=C2)=C(C(=O)OCc2ccccc2)CCCC1C1CCCCCC1. The van der Waals surface area contributed by atoms with Gasteiger partial charge in [0.1, 0.15) is 12.8 Å². The van der Waals surface area contributed by atoms with E-state index in [9.17, 15) is 19.1 Å². The number of halogens is 4. The number of carboxylic acids is 1. The Morgan fingerprint density at radius 3 is 2.39 bits per heavy atom. The number of hydrogen-bond donors (Lipinski definition) is 1. The lowest BCUT2D eigenvalue weighted by atomic mass is 9.86. The fourth-order valence-corrected chi connectivity index (χ4v) is 7.10. The summed E-state index contributed by atoms with van der Waals surface area (Å²) in [4.78, 5) is 27.8.